The van der Waals surface area contributed by atoms with Crippen LogP contribution in [0, 0.1) is 21.4 Å². The Bertz CT molecular complexity index is 1220. The molecule has 0 bridgehead atoms. The topological polar surface area (TPSA) is 154 Å². The van der Waals surface area contributed by atoms with Crippen LogP contribution in [0.15, 0.2) is 12.1 Å². The number of nitrogen functional groups attached to an aromatic ring is 1. The monoisotopic (exact) mass is 1170 g/mol. The first-order valence-electron chi connectivity index (χ1n) is 9.69. The van der Waals surface area contributed by atoms with Crippen molar-refractivity contribution in [3.63, 3.8) is 0 Å². The summed E-state index contributed by atoms with van der Waals surface area (Å²) in [7, 11) is 1.55. The van der Waals surface area contributed by atoms with Gasteiger partial charge in [-0.3, -0.25) is 24.6 Å². The van der Waals surface area contributed by atoms with Crippen LogP contribution in [-0.2, 0) is 4.79 Å². The van der Waals surface area contributed by atoms with Crippen molar-refractivity contribution in [2.75, 3.05) is 26.7 Å². The SMILES string of the molecule is CNCC(=O)N(NCCO)C(=O)c1c(I)c(C(=O)NN)c(I)c(C(=O)c2c(I)cc(I)cc2I)c1I. The van der Waals surface area contributed by atoms with E-state index in [-0.39, 0.29) is 49.3 Å². The zero-order chi connectivity index (χ0) is 27.3. The zero-order valence-electron chi connectivity index (χ0n) is 18.1. The number of carbonyl (C=O) groups excluding carboxylic acids is 4. The molecule has 36 heavy (non-hydrogen) atoms. The van der Waals surface area contributed by atoms with Crippen molar-refractivity contribution in [1.29, 1.82) is 0 Å². The molecule has 0 aromatic heterocycles. The van der Waals surface area contributed by atoms with Gasteiger partial charge in [0.2, 0.25) is 0 Å². The van der Waals surface area contributed by atoms with Crippen LogP contribution < -0.4 is 22.0 Å². The molecule has 0 unspecified atom stereocenters. The minimum absolute atomic E-state index is 0.0102. The Balaban J connectivity index is 2.90. The first-order valence-corrected chi connectivity index (χ1v) is 16.2. The molecule has 0 saturated carbocycles. The lowest BCUT2D eigenvalue weighted by atomic mass is 9.97. The van der Waals surface area contributed by atoms with E-state index in [9.17, 15) is 24.3 Å². The van der Waals surface area contributed by atoms with E-state index in [1.165, 1.54) is 0 Å². The fraction of sp³-hybridized carbons (Fsp3) is 0.200. The second-order valence-corrected chi connectivity index (χ2v) is 13.6. The van der Waals surface area contributed by atoms with Gasteiger partial charge in [-0.05, 0) is 155 Å². The second-order valence-electron chi connectivity index (χ2n) is 6.81. The molecule has 0 atom stereocenters. The molecule has 2 aromatic rings. The fourth-order valence-corrected chi connectivity index (χ4v) is 11.7. The number of nitrogens with two attached hydrogens (primary N) is 1. The highest BCUT2D eigenvalue weighted by atomic mass is 127. The lowest BCUT2D eigenvalue weighted by molar-refractivity contribution is -0.130. The number of hydrogen-bond acceptors (Lipinski definition) is 8. The van der Waals surface area contributed by atoms with E-state index in [1.54, 1.807) is 7.05 Å². The van der Waals surface area contributed by atoms with Gasteiger partial charge in [0, 0.05) is 33.5 Å². The molecule has 0 fully saturated rings. The number of aliphatic hydroxyl groups excluding tert-OH is 1. The number of rotatable bonds is 9. The van der Waals surface area contributed by atoms with Gasteiger partial charge in [0.05, 0.1) is 29.8 Å². The second kappa shape index (κ2) is 15.1. The minimum Gasteiger partial charge on any atom is -0.395 e. The van der Waals surface area contributed by atoms with Crippen LogP contribution in [0.4, 0.5) is 0 Å². The molecule has 0 aliphatic heterocycles. The number of hydrogen-bond donors (Lipinski definition) is 5. The van der Waals surface area contributed by atoms with E-state index in [0.29, 0.717) is 16.3 Å². The van der Waals surface area contributed by atoms with Gasteiger partial charge in [-0.25, -0.2) is 16.3 Å². The summed E-state index contributed by atoms with van der Waals surface area (Å²) in [6.45, 7) is -0.561. The van der Waals surface area contributed by atoms with E-state index in [0.717, 1.165) is 8.58 Å². The van der Waals surface area contributed by atoms with Crippen LogP contribution >= 0.6 is 136 Å². The number of aliphatic hydroxyl groups is 1. The normalized spacial score (nSPS) is 10.8. The summed E-state index contributed by atoms with van der Waals surface area (Å²) >= 11 is 12.0. The maximum atomic E-state index is 13.9. The van der Waals surface area contributed by atoms with Gasteiger partial charge in [-0.2, -0.15) is 0 Å². The number of nitrogens with one attached hydrogen (secondary N) is 3. The molecular formula is C20H17I6N5O5. The minimum atomic E-state index is -0.777. The predicted octanol–water partition coefficient (Wildman–Crippen LogP) is 2.83. The molecule has 3 amide bonds. The van der Waals surface area contributed by atoms with Crippen LogP contribution in [0.5, 0.6) is 0 Å². The van der Waals surface area contributed by atoms with Gasteiger partial charge in [-0.1, -0.05) is 0 Å². The highest BCUT2D eigenvalue weighted by Crippen LogP contribution is 2.36. The largest absolute Gasteiger partial charge is 0.395 e. The molecular weight excluding hydrogens is 1150 g/mol. The lowest BCUT2D eigenvalue weighted by Gasteiger charge is -2.24. The number of ketones is 1. The summed E-state index contributed by atoms with van der Waals surface area (Å²) < 4.78 is 3.22. The van der Waals surface area contributed by atoms with Crippen LogP contribution in [0.2, 0.25) is 0 Å². The number of likely N-dealkylation sites (N-methyl/N-ethyl adjacent to an activating group) is 1. The molecule has 194 valence electrons. The maximum Gasteiger partial charge on any atom is 0.277 e. The molecule has 0 radical (unpaired) electrons. The van der Waals surface area contributed by atoms with Crippen molar-refractivity contribution >= 4 is 159 Å². The number of halogens is 6. The van der Waals surface area contributed by atoms with Crippen LogP contribution in [0.25, 0.3) is 0 Å². The van der Waals surface area contributed by atoms with Crippen molar-refractivity contribution in [1.82, 2.24) is 21.2 Å². The Labute approximate surface area is 288 Å². The Hall–Kier alpha value is 0.940. The highest BCUT2D eigenvalue weighted by molar-refractivity contribution is 14.1. The number of benzene rings is 2. The Morgan fingerprint density at radius 3 is 1.92 bits per heavy atom. The third kappa shape index (κ3) is 7.36. The van der Waals surface area contributed by atoms with Gasteiger partial charge in [0.15, 0.2) is 5.78 Å². The lowest BCUT2D eigenvalue weighted by Crippen LogP contribution is -2.51. The Kier molecular flexibility index (Phi) is 13.9. The summed E-state index contributed by atoms with van der Waals surface area (Å²) in [6, 6.07) is 3.72. The molecule has 10 nitrogen and oxygen atoms in total. The van der Waals surface area contributed by atoms with Crippen LogP contribution in [-0.4, -0.2) is 60.4 Å². The summed E-state index contributed by atoms with van der Waals surface area (Å²) in [5.74, 6) is 2.98. The average Bonchev–Trinajstić information content (AvgIpc) is 2.78. The molecule has 0 spiro atoms. The van der Waals surface area contributed by atoms with Crippen molar-refractivity contribution in [3.8, 4) is 0 Å². The van der Waals surface area contributed by atoms with Crippen molar-refractivity contribution in [3.05, 3.63) is 55.8 Å². The van der Waals surface area contributed by atoms with E-state index in [4.69, 9.17) is 5.84 Å². The fourth-order valence-electron chi connectivity index (χ4n) is 2.98. The standard InChI is InChI=1S/C20H17I6N5O5/c1-28-6-10(33)31(29-2-3-32)20(36)14-16(25)12(15(24)13(17(14)26)19(35)30-27)18(34)11-8(22)4-7(21)5-9(11)23/h4-5,28-29,32H,2-3,6,27H2,1H3,(H,30,35). The van der Waals surface area contributed by atoms with Gasteiger partial charge < -0.3 is 10.4 Å². The molecule has 0 saturated heterocycles. The number of carbonyl (C=O) groups is 4. The summed E-state index contributed by atoms with van der Waals surface area (Å²) in [5.41, 5.74) is 5.31. The molecule has 2 aromatic carbocycles. The molecule has 0 heterocycles. The third-order valence-corrected chi connectivity index (χ3v) is 10.1. The molecule has 0 aliphatic rings. The van der Waals surface area contributed by atoms with Gasteiger partial charge in [0.1, 0.15) is 0 Å². The average molecular weight is 1170 g/mol. The molecule has 0 aliphatic carbocycles. The van der Waals surface area contributed by atoms with Gasteiger partial charge in [-0.15, -0.1) is 0 Å². The number of hydrazine groups is 2. The van der Waals surface area contributed by atoms with E-state index < -0.39 is 17.7 Å². The predicted molar refractivity (Wildman–Crippen MR) is 184 cm³/mol. The third-order valence-electron chi connectivity index (χ3n) is 4.51. The summed E-state index contributed by atoms with van der Waals surface area (Å²) in [5, 5.41) is 12.7. The Morgan fingerprint density at radius 2 is 1.42 bits per heavy atom. The zero-order valence-corrected chi connectivity index (χ0v) is 31.1. The summed E-state index contributed by atoms with van der Waals surface area (Å²) in [6.07, 6.45) is 0. The molecule has 6 N–H and O–H groups in total. The highest BCUT2D eigenvalue weighted by Gasteiger charge is 2.35. The first kappa shape index (κ1) is 33.1. The number of imide groups is 1. The van der Waals surface area contributed by atoms with Crippen LogP contribution in [0.3, 0.4) is 0 Å². The number of nitrogens with zero attached hydrogens (tertiary/aromatic N) is 1. The number of amides is 3. The molecule has 2 rings (SSSR count). The van der Waals surface area contributed by atoms with E-state index >= 15 is 0 Å². The van der Waals surface area contributed by atoms with Crippen molar-refractivity contribution in [2.45, 2.75) is 0 Å². The van der Waals surface area contributed by atoms with Gasteiger partial charge in [0.25, 0.3) is 17.7 Å². The first-order chi connectivity index (χ1) is 16.9. The summed E-state index contributed by atoms with van der Waals surface area (Å²) in [4.78, 5) is 53.2. The quantitative estimate of drug-likeness (QED) is 0.0846. The van der Waals surface area contributed by atoms with Gasteiger partial charge >= 0.3 is 0 Å². The van der Waals surface area contributed by atoms with Crippen LogP contribution in [0.1, 0.15) is 36.6 Å². The Morgan fingerprint density at radius 1 is 0.889 bits per heavy atom. The van der Waals surface area contributed by atoms with E-state index in [2.05, 4.69) is 83.9 Å². The molecule has 16 heteroatoms. The van der Waals surface area contributed by atoms with E-state index in [1.807, 2.05) is 79.9 Å². The van der Waals surface area contributed by atoms with Crippen molar-refractivity contribution < 1.29 is 24.3 Å². The smallest absolute Gasteiger partial charge is 0.277 e. The van der Waals surface area contributed by atoms with Crippen molar-refractivity contribution in [2.24, 2.45) is 5.84 Å². The maximum absolute atomic E-state index is 13.9.